The zero-order valence-electron chi connectivity index (χ0n) is 7.94. The topological polar surface area (TPSA) is 46.6 Å². The van der Waals surface area contributed by atoms with Gasteiger partial charge in [-0.1, -0.05) is 0 Å². The summed E-state index contributed by atoms with van der Waals surface area (Å²) < 4.78 is 5.34. The first kappa shape index (κ1) is 9.24. The summed E-state index contributed by atoms with van der Waals surface area (Å²) >= 11 is 0. The number of carbonyl (C=O) groups is 2. The van der Waals surface area contributed by atoms with Crippen LogP contribution in [0.4, 0.5) is 0 Å². The highest BCUT2D eigenvalue weighted by Gasteiger charge is 2.29. The van der Waals surface area contributed by atoms with Gasteiger partial charge in [0, 0.05) is 0 Å². The molecule has 4 nitrogen and oxygen atoms in total. The third-order valence-corrected chi connectivity index (χ3v) is 2.51. The molecule has 2 heterocycles. The maximum Gasteiger partial charge on any atom is 0.230 e. The van der Waals surface area contributed by atoms with Crippen LogP contribution in [0, 0.1) is 0 Å². The molecular formula is C10H13NO3. The zero-order valence-corrected chi connectivity index (χ0v) is 7.94. The van der Waals surface area contributed by atoms with Gasteiger partial charge in [0.25, 0.3) is 0 Å². The van der Waals surface area contributed by atoms with Crippen molar-refractivity contribution in [2.45, 2.75) is 25.4 Å². The van der Waals surface area contributed by atoms with E-state index in [4.69, 9.17) is 4.74 Å². The molecule has 4 heteroatoms. The van der Waals surface area contributed by atoms with E-state index in [1.165, 1.54) is 0 Å². The van der Waals surface area contributed by atoms with Crippen molar-refractivity contribution in [2.24, 2.45) is 0 Å². The minimum absolute atomic E-state index is 0.0151. The van der Waals surface area contributed by atoms with Crippen LogP contribution in [-0.4, -0.2) is 35.8 Å². The molecule has 1 amide bonds. The number of ether oxygens (including phenoxy) is 1. The Balaban J connectivity index is 1.88. The Morgan fingerprint density at radius 2 is 2.36 bits per heavy atom. The van der Waals surface area contributed by atoms with Crippen LogP contribution in [0.5, 0.6) is 0 Å². The van der Waals surface area contributed by atoms with Crippen LogP contribution in [0.1, 0.15) is 19.3 Å². The fourth-order valence-corrected chi connectivity index (χ4v) is 1.77. The van der Waals surface area contributed by atoms with E-state index in [9.17, 15) is 9.59 Å². The van der Waals surface area contributed by atoms with Crippen LogP contribution in [0.3, 0.4) is 0 Å². The molecule has 0 bridgehead atoms. The highest BCUT2D eigenvalue weighted by atomic mass is 16.5. The molecular weight excluding hydrogens is 182 g/mol. The van der Waals surface area contributed by atoms with E-state index in [-0.39, 0.29) is 30.8 Å². The molecule has 0 N–H and O–H groups in total. The summed E-state index contributed by atoms with van der Waals surface area (Å²) in [5.74, 6) is -0.0468. The van der Waals surface area contributed by atoms with Crippen LogP contribution < -0.4 is 0 Å². The highest BCUT2D eigenvalue weighted by Crippen LogP contribution is 2.14. The Morgan fingerprint density at radius 1 is 1.50 bits per heavy atom. The van der Waals surface area contributed by atoms with Crippen molar-refractivity contribution in [3.8, 4) is 0 Å². The molecule has 76 valence electrons. The van der Waals surface area contributed by atoms with Gasteiger partial charge in [-0.05, 0) is 18.9 Å². The first-order valence-electron chi connectivity index (χ1n) is 4.85. The molecule has 0 aromatic rings. The summed E-state index contributed by atoms with van der Waals surface area (Å²) in [5, 5.41) is 0. The first-order valence-corrected chi connectivity index (χ1v) is 4.85. The minimum Gasteiger partial charge on any atom is -0.497 e. The second-order valence-corrected chi connectivity index (χ2v) is 3.70. The van der Waals surface area contributed by atoms with E-state index in [2.05, 4.69) is 0 Å². The molecule has 1 unspecified atom stereocenters. The standard InChI is InChI=1S/C10H13NO3/c12-8-5-10(13)11(6-8)7-9-3-1-2-4-14-9/h2,4,9H,1,3,5-7H2. The normalized spacial score (nSPS) is 26.9. The van der Waals surface area contributed by atoms with E-state index >= 15 is 0 Å². The Hall–Kier alpha value is -1.32. The monoisotopic (exact) mass is 195 g/mol. The number of rotatable bonds is 2. The fraction of sp³-hybridized carbons (Fsp3) is 0.600. The van der Waals surface area contributed by atoms with Crippen molar-refractivity contribution in [3.05, 3.63) is 12.3 Å². The quantitative estimate of drug-likeness (QED) is 0.602. The van der Waals surface area contributed by atoms with Gasteiger partial charge in [-0.3, -0.25) is 9.59 Å². The molecule has 14 heavy (non-hydrogen) atoms. The molecule has 0 radical (unpaired) electrons. The van der Waals surface area contributed by atoms with E-state index in [0.717, 1.165) is 12.8 Å². The number of likely N-dealkylation sites (tertiary alicyclic amines) is 1. The number of carbonyl (C=O) groups excluding carboxylic acids is 2. The Morgan fingerprint density at radius 3 is 2.93 bits per heavy atom. The first-order chi connectivity index (χ1) is 6.75. The van der Waals surface area contributed by atoms with Gasteiger partial charge in [0.05, 0.1) is 25.8 Å². The molecule has 1 saturated heterocycles. The van der Waals surface area contributed by atoms with Crippen molar-refractivity contribution >= 4 is 11.7 Å². The average Bonchev–Trinajstić information content (AvgIpc) is 2.47. The molecule has 0 saturated carbocycles. The van der Waals surface area contributed by atoms with Crippen LogP contribution in [0.15, 0.2) is 12.3 Å². The van der Waals surface area contributed by atoms with E-state index < -0.39 is 0 Å². The number of ketones is 1. The van der Waals surface area contributed by atoms with Crippen molar-refractivity contribution in [2.75, 3.05) is 13.1 Å². The lowest BCUT2D eigenvalue weighted by Gasteiger charge is -2.24. The van der Waals surface area contributed by atoms with E-state index in [1.54, 1.807) is 11.2 Å². The van der Waals surface area contributed by atoms with Crippen molar-refractivity contribution in [1.29, 1.82) is 0 Å². The molecule has 1 atom stereocenters. The molecule has 0 aromatic heterocycles. The number of hydrogen-bond acceptors (Lipinski definition) is 3. The molecule has 2 rings (SSSR count). The van der Waals surface area contributed by atoms with Crippen molar-refractivity contribution in [1.82, 2.24) is 4.90 Å². The second-order valence-electron chi connectivity index (χ2n) is 3.70. The predicted octanol–water partition coefficient (Wildman–Crippen LogP) is 0.480. The summed E-state index contributed by atoms with van der Waals surface area (Å²) in [7, 11) is 0. The molecule has 0 spiro atoms. The SMILES string of the molecule is O=C1CC(=O)N(CC2CCC=CO2)C1. The molecule has 0 aliphatic carbocycles. The van der Waals surface area contributed by atoms with Gasteiger partial charge >= 0.3 is 0 Å². The van der Waals surface area contributed by atoms with Crippen LogP contribution in [-0.2, 0) is 14.3 Å². The summed E-state index contributed by atoms with van der Waals surface area (Å²) in [6.45, 7) is 0.817. The number of amides is 1. The predicted molar refractivity (Wildman–Crippen MR) is 49.5 cm³/mol. The largest absolute Gasteiger partial charge is 0.497 e. The summed E-state index contributed by atoms with van der Waals surface area (Å²) in [6, 6.07) is 0. The molecule has 1 fully saturated rings. The van der Waals surface area contributed by atoms with Crippen molar-refractivity contribution in [3.63, 3.8) is 0 Å². The lowest BCUT2D eigenvalue weighted by Crippen LogP contribution is -2.35. The lowest BCUT2D eigenvalue weighted by molar-refractivity contribution is -0.129. The Kier molecular flexibility index (Phi) is 2.52. The second kappa shape index (κ2) is 3.82. The number of Topliss-reactive ketones (excluding diaryl/α,β-unsaturated/α-hetero) is 1. The summed E-state index contributed by atoms with van der Waals surface area (Å²) in [6.07, 6.45) is 5.69. The molecule has 2 aliphatic rings. The number of nitrogens with zero attached hydrogens (tertiary/aromatic N) is 1. The third kappa shape index (κ3) is 1.95. The number of hydrogen-bond donors (Lipinski definition) is 0. The zero-order chi connectivity index (χ0) is 9.97. The fourth-order valence-electron chi connectivity index (χ4n) is 1.77. The summed E-state index contributed by atoms with van der Waals surface area (Å²) in [4.78, 5) is 23.9. The lowest BCUT2D eigenvalue weighted by atomic mass is 10.1. The van der Waals surface area contributed by atoms with Crippen LogP contribution in [0.2, 0.25) is 0 Å². The third-order valence-electron chi connectivity index (χ3n) is 2.51. The van der Waals surface area contributed by atoms with Gasteiger partial charge < -0.3 is 9.64 Å². The van der Waals surface area contributed by atoms with E-state index in [0.29, 0.717) is 6.54 Å². The minimum atomic E-state index is -0.0619. The van der Waals surface area contributed by atoms with Crippen molar-refractivity contribution < 1.29 is 14.3 Å². The van der Waals surface area contributed by atoms with Crippen LogP contribution >= 0.6 is 0 Å². The van der Waals surface area contributed by atoms with Crippen LogP contribution in [0.25, 0.3) is 0 Å². The van der Waals surface area contributed by atoms with Gasteiger partial charge in [0.2, 0.25) is 5.91 Å². The number of allylic oxidation sites excluding steroid dienone is 1. The average molecular weight is 195 g/mol. The van der Waals surface area contributed by atoms with Gasteiger partial charge in [0.1, 0.15) is 6.10 Å². The summed E-state index contributed by atoms with van der Waals surface area (Å²) in [5.41, 5.74) is 0. The molecule has 2 aliphatic heterocycles. The Labute approximate surface area is 82.5 Å². The van der Waals surface area contributed by atoms with Gasteiger partial charge in [0.15, 0.2) is 5.78 Å². The Bertz CT molecular complexity index is 285. The maximum absolute atomic E-state index is 11.3. The highest BCUT2D eigenvalue weighted by molar-refractivity contribution is 6.05. The van der Waals surface area contributed by atoms with Gasteiger partial charge in [-0.2, -0.15) is 0 Å². The van der Waals surface area contributed by atoms with Gasteiger partial charge in [-0.15, -0.1) is 0 Å². The van der Waals surface area contributed by atoms with E-state index in [1.807, 2.05) is 6.08 Å². The molecule has 0 aromatic carbocycles. The maximum atomic E-state index is 11.3. The smallest absolute Gasteiger partial charge is 0.230 e. The van der Waals surface area contributed by atoms with Gasteiger partial charge in [-0.25, -0.2) is 0 Å².